The fourth-order valence-electron chi connectivity index (χ4n) is 1.18. The molecule has 0 saturated heterocycles. The zero-order chi connectivity index (χ0) is 10.6. The van der Waals surface area contributed by atoms with Crippen molar-refractivity contribution in [2.24, 2.45) is 11.7 Å². The molecule has 3 heteroatoms. The van der Waals surface area contributed by atoms with Crippen molar-refractivity contribution in [3.05, 3.63) is 0 Å². The second kappa shape index (κ2) is 11.0. The summed E-state index contributed by atoms with van der Waals surface area (Å²) in [6.45, 7) is 9.75. The molecule has 1 unspecified atom stereocenters. The third kappa shape index (κ3) is 9.96. The Morgan fingerprint density at radius 3 is 2.36 bits per heavy atom. The molecule has 86 valence electrons. The predicted octanol–water partition coefficient (Wildman–Crippen LogP) is 0.951. The predicted molar refractivity (Wildman–Crippen MR) is 63.5 cm³/mol. The van der Waals surface area contributed by atoms with Gasteiger partial charge in [0.25, 0.3) is 0 Å². The van der Waals surface area contributed by atoms with E-state index in [1.807, 2.05) is 0 Å². The molecule has 0 radical (unpaired) electrons. The van der Waals surface area contributed by atoms with Gasteiger partial charge in [-0.15, -0.1) is 0 Å². The van der Waals surface area contributed by atoms with Gasteiger partial charge in [0.2, 0.25) is 0 Å². The fourth-order valence-corrected chi connectivity index (χ4v) is 1.18. The minimum absolute atomic E-state index is 0.791. The van der Waals surface area contributed by atoms with Gasteiger partial charge in [-0.2, -0.15) is 0 Å². The fraction of sp³-hybridized carbons (Fsp3) is 1.00. The molecule has 0 fully saturated rings. The third-order valence-electron chi connectivity index (χ3n) is 2.45. The molecular formula is C11H27N3. The smallest absolute Gasteiger partial charge is 0.00232 e. The van der Waals surface area contributed by atoms with Gasteiger partial charge in [0.05, 0.1) is 0 Å². The van der Waals surface area contributed by atoms with Crippen LogP contribution in [0, 0.1) is 5.92 Å². The largest absolute Gasteiger partial charge is 0.330 e. The highest BCUT2D eigenvalue weighted by Crippen LogP contribution is 1.96. The molecule has 0 aromatic carbocycles. The van der Waals surface area contributed by atoms with Gasteiger partial charge in [-0.05, 0) is 51.5 Å². The first-order chi connectivity index (χ1) is 6.81. The van der Waals surface area contributed by atoms with E-state index in [0.717, 1.165) is 45.1 Å². The maximum atomic E-state index is 5.39. The number of hydrogen-bond donors (Lipinski definition) is 3. The molecule has 0 amide bonds. The molecule has 0 spiro atoms. The molecule has 14 heavy (non-hydrogen) atoms. The van der Waals surface area contributed by atoms with E-state index >= 15 is 0 Å². The Morgan fingerprint density at radius 1 is 1.07 bits per heavy atom. The second-order valence-corrected chi connectivity index (χ2v) is 3.96. The van der Waals surface area contributed by atoms with Crippen LogP contribution in [0.5, 0.6) is 0 Å². The highest BCUT2D eigenvalue weighted by molar-refractivity contribution is 4.56. The quantitative estimate of drug-likeness (QED) is 0.461. The first kappa shape index (κ1) is 13.9. The lowest BCUT2D eigenvalue weighted by Crippen LogP contribution is -2.26. The molecule has 0 aliphatic heterocycles. The second-order valence-electron chi connectivity index (χ2n) is 3.96. The number of rotatable bonds is 10. The molecule has 0 aromatic heterocycles. The number of hydrogen-bond acceptors (Lipinski definition) is 3. The van der Waals surface area contributed by atoms with E-state index in [2.05, 4.69) is 24.5 Å². The van der Waals surface area contributed by atoms with Crippen molar-refractivity contribution in [1.29, 1.82) is 0 Å². The van der Waals surface area contributed by atoms with Crippen molar-refractivity contribution in [3.63, 3.8) is 0 Å². The maximum absolute atomic E-state index is 5.39. The molecule has 1 atom stereocenters. The van der Waals surface area contributed by atoms with Crippen LogP contribution in [0.3, 0.4) is 0 Å². The molecule has 0 aliphatic carbocycles. The summed E-state index contributed by atoms with van der Waals surface area (Å²) >= 11 is 0. The van der Waals surface area contributed by atoms with Crippen LogP contribution >= 0.6 is 0 Å². The SMILES string of the molecule is CCC(C)CNCCCNCCCN. The van der Waals surface area contributed by atoms with Gasteiger partial charge in [0.1, 0.15) is 0 Å². The normalized spacial score (nSPS) is 13.1. The van der Waals surface area contributed by atoms with Crippen molar-refractivity contribution >= 4 is 0 Å². The summed E-state index contributed by atoms with van der Waals surface area (Å²) in [5, 5.41) is 6.83. The lowest BCUT2D eigenvalue weighted by Gasteiger charge is -2.10. The Morgan fingerprint density at radius 2 is 1.71 bits per heavy atom. The Hall–Kier alpha value is -0.120. The van der Waals surface area contributed by atoms with Gasteiger partial charge in [0.15, 0.2) is 0 Å². The van der Waals surface area contributed by atoms with Crippen molar-refractivity contribution in [1.82, 2.24) is 10.6 Å². The topological polar surface area (TPSA) is 50.1 Å². The van der Waals surface area contributed by atoms with Gasteiger partial charge in [-0.25, -0.2) is 0 Å². The van der Waals surface area contributed by atoms with Gasteiger partial charge >= 0.3 is 0 Å². The third-order valence-corrected chi connectivity index (χ3v) is 2.45. The highest BCUT2D eigenvalue weighted by atomic mass is 14.9. The molecule has 0 heterocycles. The Labute approximate surface area is 88.8 Å². The molecule has 0 aliphatic rings. The minimum atomic E-state index is 0.791. The number of nitrogens with two attached hydrogens (primary N) is 1. The van der Waals surface area contributed by atoms with Crippen LogP contribution in [0.25, 0.3) is 0 Å². The summed E-state index contributed by atoms with van der Waals surface area (Å²) in [6.07, 6.45) is 3.56. The Balaban J connectivity index is 2.92. The first-order valence-electron chi connectivity index (χ1n) is 5.92. The molecule has 0 aromatic rings. The van der Waals surface area contributed by atoms with Crippen molar-refractivity contribution in [3.8, 4) is 0 Å². The summed E-state index contributed by atoms with van der Waals surface area (Å²) in [5.74, 6) is 0.806. The number of nitrogens with one attached hydrogen (secondary N) is 2. The van der Waals surface area contributed by atoms with Gasteiger partial charge in [-0.1, -0.05) is 20.3 Å². The molecule has 0 bridgehead atoms. The molecule has 4 N–H and O–H groups in total. The summed E-state index contributed by atoms with van der Waals surface area (Å²) in [7, 11) is 0. The van der Waals surface area contributed by atoms with Crippen LogP contribution in [0.2, 0.25) is 0 Å². The van der Waals surface area contributed by atoms with E-state index in [-0.39, 0.29) is 0 Å². The lowest BCUT2D eigenvalue weighted by molar-refractivity contribution is 0.489. The van der Waals surface area contributed by atoms with Crippen LogP contribution in [-0.2, 0) is 0 Å². The van der Waals surface area contributed by atoms with Crippen molar-refractivity contribution in [2.45, 2.75) is 33.1 Å². The Bertz CT molecular complexity index is 107. The average Bonchev–Trinajstić information content (AvgIpc) is 2.21. The summed E-state index contributed by atoms with van der Waals surface area (Å²) < 4.78 is 0. The first-order valence-corrected chi connectivity index (χ1v) is 5.92. The van der Waals surface area contributed by atoms with Crippen molar-refractivity contribution in [2.75, 3.05) is 32.7 Å². The van der Waals surface area contributed by atoms with E-state index < -0.39 is 0 Å². The van der Waals surface area contributed by atoms with E-state index in [1.54, 1.807) is 0 Å². The monoisotopic (exact) mass is 201 g/mol. The average molecular weight is 201 g/mol. The maximum Gasteiger partial charge on any atom is -0.00232 e. The standard InChI is InChI=1S/C11H27N3/c1-3-11(2)10-14-9-5-8-13-7-4-6-12/h11,13-14H,3-10,12H2,1-2H3. The van der Waals surface area contributed by atoms with E-state index in [4.69, 9.17) is 5.73 Å². The van der Waals surface area contributed by atoms with E-state index in [9.17, 15) is 0 Å². The van der Waals surface area contributed by atoms with Crippen LogP contribution in [0.1, 0.15) is 33.1 Å². The summed E-state index contributed by atoms with van der Waals surface area (Å²) in [4.78, 5) is 0. The zero-order valence-corrected chi connectivity index (χ0v) is 9.81. The van der Waals surface area contributed by atoms with Gasteiger partial charge < -0.3 is 16.4 Å². The van der Waals surface area contributed by atoms with Crippen LogP contribution < -0.4 is 16.4 Å². The van der Waals surface area contributed by atoms with Gasteiger partial charge in [0, 0.05) is 0 Å². The summed E-state index contributed by atoms with van der Waals surface area (Å²) in [6, 6.07) is 0. The molecule has 3 nitrogen and oxygen atoms in total. The minimum Gasteiger partial charge on any atom is -0.330 e. The summed E-state index contributed by atoms with van der Waals surface area (Å²) in [5.41, 5.74) is 5.39. The van der Waals surface area contributed by atoms with Crippen molar-refractivity contribution < 1.29 is 0 Å². The zero-order valence-electron chi connectivity index (χ0n) is 9.81. The lowest BCUT2D eigenvalue weighted by atomic mass is 10.1. The molecule has 0 rings (SSSR count). The Kier molecular flexibility index (Phi) is 10.9. The van der Waals surface area contributed by atoms with Gasteiger partial charge in [-0.3, -0.25) is 0 Å². The van der Waals surface area contributed by atoms with Crippen LogP contribution in [-0.4, -0.2) is 32.7 Å². The van der Waals surface area contributed by atoms with Crippen LogP contribution in [0.15, 0.2) is 0 Å². The highest BCUT2D eigenvalue weighted by Gasteiger charge is 1.96. The van der Waals surface area contributed by atoms with E-state index in [0.29, 0.717) is 0 Å². The molecule has 0 saturated carbocycles. The molecular weight excluding hydrogens is 174 g/mol. The van der Waals surface area contributed by atoms with E-state index in [1.165, 1.54) is 12.8 Å². The van der Waals surface area contributed by atoms with Crippen LogP contribution in [0.4, 0.5) is 0 Å².